The highest BCUT2D eigenvalue weighted by Crippen LogP contribution is 2.31. The number of carbonyl (C=O) groups excluding carboxylic acids is 1. The number of carbonyl (C=O) groups is 1. The van der Waals surface area contributed by atoms with E-state index in [4.69, 9.17) is 12.2 Å². The van der Waals surface area contributed by atoms with Crippen molar-refractivity contribution in [2.24, 2.45) is 11.8 Å². The monoisotopic (exact) mass is 421 g/mol. The van der Waals surface area contributed by atoms with Crippen LogP contribution in [0.25, 0.3) is 5.69 Å². The van der Waals surface area contributed by atoms with Crippen molar-refractivity contribution in [3.63, 3.8) is 0 Å². The van der Waals surface area contributed by atoms with Crippen LogP contribution in [0.15, 0.2) is 28.6 Å². The molecular weight excluding hydrogens is 394 g/mol. The lowest BCUT2D eigenvalue weighted by Gasteiger charge is -2.35. The Kier molecular flexibility index (Phi) is 6.76. The molecule has 1 heterocycles. The predicted octanol–water partition coefficient (Wildman–Crippen LogP) is 5.39. The van der Waals surface area contributed by atoms with Gasteiger partial charge in [-0.05, 0) is 56.0 Å². The standard InChI is InChI=1S/C20H27N3OS3/c1-12-9-7-10-16(14(12)3)21-18(24)15(4)26-19-22-23(20(25)27-19)17-11-6-5-8-13(17)2/h5-6,8,11-12,14-16H,7,9-10H2,1-4H3,(H,21,24)/t12-,14-,15+,16+/m0/s1. The number of nitrogens with zero attached hydrogens (tertiary/aromatic N) is 2. The van der Waals surface area contributed by atoms with E-state index in [-0.39, 0.29) is 17.2 Å². The number of benzene rings is 1. The van der Waals surface area contributed by atoms with Gasteiger partial charge in [0.25, 0.3) is 0 Å². The number of para-hydroxylation sites is 1. The Balaban J connectivity index is 1.67. The Bertz CT molecular complexity index is 860. The van der Waals surface area contributed by atoms with Gasteiger partial charge in [-0.15, -0.1) is 5.10 Å². The molecule has 3 rings (SSSR count). The van der Waals surface area contributed by atoms with Crippen LogP contribution in [0.5, 0.6) is 0 Å². The van der Waals surface area contributed by atoms with E-state index in [0.717, 1.165) is 22.0 Å². The van der Waals surface area contributed by atoms with Crippen LogP contribution in [-0.2, 0) is 4.79 Å². The molecule has 146 valence electrons. The van der Waals surface area contributed by atoms with Crippen molar-refractivity contribution in [1.29, 1.82) is 0 Å². The zero-order valence-corrected chi connectivity index (χ0v) is 18.7. The molecule has 0 unspecified atom stereocenters. The molecular formula is C20H27N3OS3. The van der Waals surface area contributed by atoms with Crippen molar-refractivity contribution in [1.82, 2.24) is 15.1 Å². The normalized spacial score (nSPS) is 23.8. The number of aryl methyl sites for hydroxylation is 1. The molecule has 1 aliphatic carbocycles. The smallest absolute Gasteiger partial charge is 0.233 e. The number of aromatic nitrogens is 2. The summed E-state index contributed by atoms with van der Waals surface area (Å²) in [5, 5.41) is 7.72. The molecule has 1 N–H and O–H groups in total. The Morgan fingerprint density at radius 3 is 2.85 bits per heavy atom. The first-order valence-electron chi connectivity index (χ1n) is 9.50. The van der Waals surface area contributed by atoms with E-state index >= 15 is 0 Å². The molecule has 1 fully saturated rings. The third-order valence-corrected chi connectivity index (χ3v) is 7.97. The summed E-state index contributed by atoms with van der Waals surface area (Å²) in [5.74, 6) is 1.29. The lowest BCUT2D eigenvalue weighted by molar-refractivity contribution is -0.121. The quantitative estimate of drug-likeness (QED) is 0.519. The number of rotatable bonds is 5. The Labute approximate surface area is 174 Å². The van der Waals surface area contributed by atoms with E-state index < -0.39 is 0 Å². The van der Waals surface area contributed by atoms with Crippen molar-refractivity contribution < 1.29 is 4.79 Å². The minimum absolute atomic E-state index is 0.0921. The van der Waals surface area contributed by atoms with Crippen LogP contribution < -0.4 is 5.32 Å². The summed E-state index contributed by atoms with van der Waals surface area (Å²) in [4.78, 5) is 12.7. The molecule has 1 amide bonds. The molecule has 4 atom stereocenters. The topological polar surface area (TPSA) is 46.9 Å². The zero-order valence-electron chi connectivity index (χ0n) is 16.3. The summed E-state index contributed by atoms with van der Waals surface area (Å²) in [7, 11) is 0. The Morgan fingerprint density at radius 2 is 2.11 bits per heavy atom. The zero-order chi connectivity index (χ0) is 19.6. The minimum Gasteiger partial charge on any atom is -0.352 e. The Hall–Kier alpha value is -1.18. The Morgan fingerprint density at radius 1 is 1.37 bits per heavy atom. The summed E-state index contributed by atoms with van der Waals surface area (Å²) in [6.45, 7) is 8.53. The SMILES string of the molecule is Cc1ccccc1-n1nc(S[C@H](C)C(=O)N[C@@H]2CCC[C@H](C)[C@@H]2C)sc1=S. The van der Waals surface area contributed by atoms with E-state index in [2.05, 4.69) is 24.3 Å². The fraction of sp³-hybridized carbons (Fsp3) is 0.550. The third-order valence-electron chi connectivity index (χ3n) is 5.55. The average Bonchev–Trinajstić information content (AvgIpc) is 2.99. The van der Waals surface area contributed by atoms with Crippen LogP contribution in [0.2, 0.25) is 0 Å². The highest BCUT2D eigenvalue weighted by Gasteiger charge is 2.29. The van der Waals surface area contributed by atoms with Crippen molar-refractivity contribution in [3.05, 3.63) is 33.8 Å². The summed E-state index contributed by atoms with van der Waals surface area (Å²) in [5.41, 5.74) is 2.12. The molecule has 7 heteroatoms. The number of hydrogen-bond acceptors (Lipinski definition) is 5. The van der Waals surface area contributed by atoms with Crippen LogP contribution >= 0.6 is 35.3 Å². The molecule has 0 aliphatic heterocycles. The first kappa shape index (κ1) is 20.6. The largest absolute Gasteiger partial charge is 0.352 e. The minimum atomic E-state index is -0.194. The molecule has 0 bridgehead atoms. The van der Waals surface area contributed by atoms with E-state index in [1.54, 1.807) is 4.68 Å². The maximum atomic E-state index is 12.7. The molecule has 0 radical (unpaired) electrons. The molecule has 27 heavy (non-hydrogen) atoms. The van der Waals surface area contributed by atoms with Gasteiger partial charge in [0.05, 0.1) is 10.9 Å². The lowest BCUT2D eigenvalue weighted by atomic mass is 9.78. The van der Waals surface area contributed by atoms with Gasteiger partial charge in [-0.25, -0.2) is 4.68 Å². The summed E-state index contributed by atoms with van der Waals surface area (Å²) in [6.07, 6.45) is 3.53. The number of hydrogen-bond donors (Lipinski definition) is 1. The molecule has 1 aromatic carbocycles. The van der Waals surface area contributed by atoms with Crippen molar-refractivity contribution in [3.8, 4) is 5.69 Å². The van der Waals surface area contributed by atoms with Crippen LogP contribution in [-0.4, -0.2) is 27.0 Å². The summed E-state index contributed by atoms with van der Waals surface area (Å²) in [6, 6.07) is 8.34. The third kappa shape index (κ3) is 4.81. The fourth-order valence-electron chi connectivity index (χ4n) is 3.55. The fourth-order valence-corrected chi connectivity index (χ4v) is 6.05. The highest BCUT2D eigenvalue weighted by atomic mass is 32.2. The van der Waals surface area contributed by atoms with Crippen molar-refractivity contribution in [2.45, 2.75) is 62.6 Å². The van der Waals surface area contributed by atoms with Gasteiger partial charge in [-0.3, -0.25) is 4.79 Å². The van der Waals surface area contributed by atoms with Gasteiger partial charge in [0, 0.05) is 6.04 Å². The van der Waals surface area contributed by atoms with Crippen LogP contribution in [0.4, 0.5) is 0 Å². The second kappa shape index (κ2) is 8.88. The molecule has 0 spiro atoms. The number of nitrogens with one attached hydrogen (secondary N) is 1. The molecule has 1 saturated carbocycles. The maximum absolute atomic E-state index is 12.7. The van der Waals surface area contributed by atoms with Crippen LogP contribution in [0, 0.1) is 22.7 Å². The first-order valence-corrected chi connectivity index (χ1v) is 11.6. The van der Waals surface area contributed by atoms with E-state index in [0.29, 0.717) is 15.8 Å². The molecule has 1 aromatic heterocycles. The summed E-state index contributed by atoms with van der Waals surface area (Å²) < 4.78 is 3.33. The van der Waals surface area contributed by atoms with Gasteiger partial charge >= 0.3 is 0 Å². The second-order valence-corrected chi connectivity index (χ2v) is 10.7. The van der Waals surface area contributed by atoms with Gasteiger partial charge in [-0.2, -0.15) is 0 Å². The lowest BCUT2D eigenvalue weighted by Crippen LogP contribution is -2.46. The predicted molar refractivity (Wildman–Crippen MR) is 116 cm³/mol. The number of amides is 1. The number of thioether (sulfide) groups is 1. The molecule has 1 aliphatic rings. The molecule has 0 saturated heterocycles. The van der Waals surface area contributed by atoms with Crippen molar-refractivity contribution >= 4 is 41.2 Å². The molecule has 2 aromatic rings. The second-order valence-electron chi connectivity index (χ2n) is 7.47. The first-order chi connectivity index (χ1) is 12.9. The van der Waals surface area contributed by atoms with Gasteiger partial charge in [0.2, 0.25) is 5.91 Å². The highest BCUT2D eigenvalue weighted by molar-refractivity contribution is 8.02. The van der Waals surface area contributed by atoms with E-state index in [9.17, 15) is 4.79 Å². The maximum Gasteiger partial charge on any atom is 0.233 e. The van der Waals surface area contributed by atoms with Gasteiger partial charge in [0.15, 0.2) is 8.29 Å². The van der Waals surface area contributed by atoms with E-state index in [1.165, 1.54) is 35.9 Å². The van der Waals surface area contributed by atoms with Gasteiger partial charge in [-0.1, -0.05) is 68.0 Å². The average molecular weight is 422 g/mol. The van der Waals surface area contributed by atoms with Gasteiger partial charge in [0.1, 0.15) is 0 Å². The van der Waals surface area contributed by atoms with E-state index in [1.807, 2.05) is 38.1 Å². The summed E-state index contributed by atoms with van der Waals surface area (Å²) >= 11 is 8.44. The van der Waals surface area contributed by atoms with Gasteiger partial charge < -0.3 is 5.32 Å². The van der Waals surface area contributed by atoms with Crippen molar-refractivity contribution in [2.75, 3.05) is 0 Å². The van der Waals surface area contributed by atoms with Crippen LogP contribution in [0.3, 0.4) is 0 Å². The van der Waals surface area contributed by atoms with Crippen LogP contribution in [0.1, 0.15) is 45.6 Å². The molecule has 4 nitrogen and oxygen atoms in total.